The molecule has 4 bridgehead atoms. The number of piperidine rings is 2. The molecule has 4 saturated heterocycles. The topological polar surface area (TPSA) is 72.3 Å². The highest BCUT2D eigenvalue weighted by atomic mass is 16.1. The van der Waals surface area contributed by atoms with Crippen LogP contribution in [-0.4, -0.2) is 66.0 Å². The summed E-state index contributed by atoms with van der Waals surface area (Å²) in [6.45, 7) is 6.21. The van der Waals surface area contributed by atoms with Crippen molar-refractivity contribution in [1.82, 2.24) is 20.1 Å². The first kappa shape index (κ1) is 17.4. The Balaban J connectivity index is 1.50. The quantitative estimate of drug-likeness (QED) is 0.877. The summed E-state index contributed by atoms with van der Waals surface area (Å²) in [6.07, 6.45) is 1.50. The zero-order valence-corrected chi connectivity index (χ0v) is 15.7. The van der Waals surface area contributed by atoms with E-state index in [9.17, 15) is 4.79 Å². The molecule has 1 aromatic heterocycles. The van der Waals surface area contributed by atoms with Crippen LogP contribution in [0.2, 0.25) is 0 Å². The van der Waals surface area contributed by atoms with Crippen molar-refractivity contribution in [1.29, 1.82) is 5.26 Å². The number of fused-ring (bicyclic) bond motifs is 1. The second-order valence-electron chi connectivity index (χ2n) is 8.25. The van der Waals surface area contributed by atoms with E-state index in [0.29, 0.717) is 17.2 Å². The van der Waals surface area contributed by atoms with Crippen LogP contribution < -0.4 is 5.32 Å². The monoisotopic (exact) mass is 373 g/mol. The average molecular weight is 373 g/mol. The molecule has 1 N–H and O–H groups in total. The van der Waals surface area contributed by atoms with Crippen molar-refractivity contribution in [2.75, 3.05) is 39.3 Å². The maximum atomic E-state index is 13.0. The van der Waals surface area contributed by atoms with Crippen LogP contribution in [0.15, 0.2) is 48.7 Å². The summed E-state index contributed by atoms with van der Waals surface area (Å²) in [5.74, 6) is 0.300. The number of carbonyl (C=O) groups excluding carboxylic acids is 1. The Morgan fingerprint density at radius 3 is 2.43 bits per heavy atom. The van der Waals surface area contributed by atoms with Gasteiger partial charge in [-0.2, -0.15) is 5.26 Å². The molecule has 28 heavy (non-hydrogen) atoms. The molecule has 0 spiro atoms. The maximum absolute atomic E-state index is 13.0. The number of pyridine rings is 1. The molecule has 6 heteroatoms. The number of aromatic nitrogens is 1. The zero-order chi connectivity index (χ0) is 19.1. The minimum Gasteiger partial charge on any atom is -0.348 e. The van der Waals surface area contributed by atoms with Crippen molar-refractivity contribution in [3.05, 3.63) is 65.5 Å². The van der Waals surface area contributed by atoms with E-state index in [1.54, 1.807) is 12.1 Å². The maximum Gasteiger partial charge on any atom is 0.253 e. The van der Waals surface area contributed by atoms with Crippen molar-refractivity contribution >= 4 is 5.91 Å². The number of benzene rings is 1. The van der Waals surface area contributed by atoms with E-state index in [0.717, 1.165) is 39.3 Å². The number of hydrogen-bond donors (Lipinski definition) is 1. The largest absolute Gasteiger partial charge is 0.348 e. The van der Waals surface area contributed by atoms with Gasteiger partial charge in [0.2, 0.25) is 0 Å². The molecule has 1 amide bonds. The van der Waals surface area contributed by atoms with Gasteiger partial charge in [0.25, 0.3) is 5.91 Å². The molecule has 0 aliphatic carbocycles. The first-order valence-corrected chi connectivity index (χ1v) is 9.85. The van der Waals surface area contributed by atoms with Crippen LogP contribution in [0.1, 0.15) is 21.6 Å². The molecule has 4 aliphatic rings. The lowest BCUT2D eigenvalue weighted by Crippen LogP contribution is -2.70. The third kappa shape index (κ3) is 2.79. The van der Waals surface area contributed by atoms with Gasteiger partial charge in [0.1, 0.15) is 11.8 Å². The van der Waals surface area contributed by atoms with Crippen molar-refractivity contribution in [2.45, 2.75) is 11.5 Å². The van der Waals surface area contributed by atoms with Crippen LogP contribution in [0.4, 0.5) is 0 Å². The normalized spacial score (nSPS) is 33.1. The zero-order valence-electron chi connectivity index (χ0n) is 15.7. The van der Waals surface area contributed by atoms with Gasteiger partial charge in [-0.1, -0.05) is 30.3 Å². The molecule has 142 valence electrons. The van der Waals surface area contributed by atoms with E-state index >= 15 is 0 Å². The van der Waals surface area contributed by atoms with Crippen molar-refractivity contribution in [2.24, 2.45) is 5.92 Å². The van der Waals surface area contributed by atoms with Crippen molar-refractivity contribution < 1.29 is 4.79 Å². The van der Waals surface area contributed by atoms with Gasteiger partial charge in [-0.15, -0.1) is 0 Å². The van der Waals surface area contributed by atoms with Gasteiger partial charge in [-0.05, 0) is 17.7 Å². The lowest BCUT2D eigenvalue weighted by Gasteiger charge is -2.55. The van der Waals surface area contributed by atoms with E-state index in [1.807, 2.05) is 6.07 Å². The lowest BCUT2D eigenvalue weighted by atomic mass is 9.64. The summed E-state index contributed by atoms with van der Waals surface area (Å²) < 4.78 is 0. The van der Waals surface area contributed by atoms with Crippen LogP contribution in [0.3, 0.4) is 0 Å². The third-order valence-electron chi connectivity index (χ3n) is 6.57. The summed E-state index contributed by atoms with van der Waals surface area (Å²) >= 11 is 0. The number of amides is 1. The van der Waals surface area contributed by atoms with Gasteiger partial charge >= 0.3 is 0 Å². The third-order valence-corrected chi connectivity index (χ3v) is 6.57. The number of nitrogens with one attached hydrogen (secondary N) is 1. The highest BCUT2D eigenvalue weighted by Gasteiger charge is 2.55. The highest BCUT2D eigenvalue weighted by molar-refractivity contribution is 5.94. The number of carbonyl (C=O) groups is 1. The van der Waals surface area contributed by atoms with Crippen molar-refractivity contribution in [3.63, 3.8) is 0 Å². The fourth-order valence-electron chi connectivity index (χ4n) is 5.39. The number of rotatable bonds is 3. The van der Waals surface area contributed by atoms with E-state index in [-0.39, 0.29) is 17.4 Å². The molecule has 4 aliphatic heterocycles. The minimum atomic E-state index is -0.103. The summed E-state index contributed by atoms with van der Waals surface area (Å²) in [4.78, 5) is 22.2. The molecule has 1 aromatic carbocycles. The number of nitrogens with zero attached hydrogens (tertiary/aromatic N) is 4. The molecular weight excluding hydrogens is 350 g/mol. The number of nitriles is 1. The second kappa shape index (κ2) is 6.69. The lowest BCUT2D eigenvalue weighted by molar-refractivity contribution is 0.0180. The van der Waals surface area contributed by atoms with Gasteiger partial charge in [-0.25, -0.2) is 4.98 Å². The fourth-order valence-corrected chi connectivity index (χ4v) is 5.39. The van der Waals surface area contributed by atoms with Gasteiger partial charge in [0.15, 0.2) is 0 Å². The average Bonchev–Trinajstić information content (AvgIpc) is 2.99. The molecule has 5 heterocycles. The number of hydrogen-bond acceptors (Lipinski definition) is 5. The summed E-state index contributed by atoms with van der Waals surface area (Å²) in [5.41, 5.74) is 2.03. The standard InChI is InChI=1S/C22H23N5O/c23-10-19-7-6-16(11-24-19)21(28)25-20-17-12-26-8-9-27(13-17)15-22(20,14-26)18-4-2-1-3-5-18/h1-7,11,17,20H,8-9,12-15H2,(H,25,28). The van der Waals surface area contributed by atoms with E-state index in [2.05, 4.69) is 50.4 Å². The molecule has 2 aromatic rings. The Morgan fingerprint density at radius 1 is 1.11 bits per heavy atom. The molecule has 6 rings (SSSR count). The van der Waals surface area contributed by atoms with E-state index in [4.69, 9.17) is 5.26 Å². The fraction of sp³-hybridized carbons (Fsp3) is 0.409. The molecular formula is C22H23N5O. The van der Waals surface area contributed by atoms with Crippen LogP contribution in [0.5, 0.6) is 0 Å². The smallest absolute Gasteiger partial charge is 0.253 e. The molecule has 3 unspecified atom stereocenters. The van der Waals surface area contributed by atoms with Crippen LogP contribution in [0, 0.1) is 17.2 Å². The van der Waals surface area contributed by atoms with Gasteiger partial charge in [-0.3, -0.25) is 4.79 Å². The van der Waals surface area contributed by atoms with Crippen LogP contribution in [-0.2, 0) is 5.41 Å². The first-order valence-electron chi connectivity index (χ1n) is 9.85. The molecule has 4 fully saturated rings. The highest BCUT2D eigenvalue weighted by Crippen LogP contribution is 2.43. The summed E-state index contributed by atoms with van der Waals surface area (Å²) in [7, 11) is 0. The van der Waals surface area contributed by atoms with E-state index in [1.165, 1.54) is 11.8 Å². The van der Waals surface area contributed by atoms with Gasteiger partial charge < -0.3 is 15.1 Å². The SMILES string of the molecule is N#Cc1ccc(C(=O)NC2C3CN4CCN(C3)CC2(c2ccccc2)C4)cn1. The molecule has 0 saturated carbocycles. The van der Waals surface area contributed by atoms with Gasteiger partial charge in [0, 0.05) is 62.8 Å². The summed E-state index contributed by atoms with van der Waals surface area (Å²) in [5, 5.41) is 12.3. The Morgan fingerprint density at radius 2 is 1.82 bits per heavy atom. The Labute approximate surface area is 164 Å². The molecule has 0 radical (unpaired) electrons. The molecule has 6 nitrogen and oxygen atoms in total. The van der Waals surface area contributed by atoms with Crippen molar-refractivity contribution in [3.8, 4) is 6.07 Å². The summed E-state index contributed by atoms with van der Waals surface area (Å²) in [6, 6.07) is 16.0. The minimum absolute atomic E-state index is 0.0867. The predicted octanol–water partition coefficient (Wildman–Crippen LogP) is 1.25. The Kier molecular flexibility index (Phi) is 4.15. The van der Waals surface area contributed by atoms with Gasteiger partial charge in [0.05, 0.1) is 5.56 Å². The van der Waals surface area contributed by atoms with Crippen LogP contribution in [0.25, 0.3) is 0 Å². The van der Waals surface area contributed by atoms with Crippen LogP contribution >= 0.6 is 0 Å². The predicted molar refractivity (Wildman–Crippen MR) is 105 cm³/mol. The second-order valence-corrected chi connectivity index (χ2v) is 8.25. The first-order chi connectivity index (χ1) is 13.7. The molecule has 3 atom stereocenters. The Bertz CT molecular complexity index is 904. The van der Waals surface area contributed by atoms with E-state index < -0.39 is 0 Å². The Hall–Kier alpha value is -2.75.